The van der Waals surface area contributed by atoms with Gasteiger partial charge < -0.3 is 15.0 Å². The normalized spacial score (nSPS) is 13.0. The summed E-state index contributed by atoms with van der Waals surface area (Å²) in [4.78, 5) is 20.4. The highest BCUT2D eigenvalue weighted by Crippen LogP contribution is 2.28. The van der Waals surface area contributed by atoms with Crippen molar-refractivity contribution in [2.45, 2.75) is 13.0 Å². The molecule has 1 aliphatic rings. The predicted molar refractivity (Wildman–Crippen MR) is 124 cm³/mol. The molecule has 1 N–H and O–H groups in total. The molecular formula is C26H23N3O2. The number of hydrogen-bond donors (Lipinski definition) is 1. The van der Waals surface area contributed by atoms with Gasteiger partial charge in [0.25, 0.3) is 5.91 Å². The smallest absolute Gasteiger partial charge is 0.256 e. The minimum Gasteiger partial charge on any atom is -0.497 e. The maximum Gasteiger partial charge on any atom is 0.256 e. The summed E-state index contributed by atoms with van der Waals surface area (Å²) in [5.41, 5.74) is 4.86. The van der Waals surface area contributed by atoms with Gasteiger partial charge in [0, 0.05) is 24.2 Å². The van der Waals surface area contributed by atoms with E-state index in [1.165, 1.54) is 11.1 Å². The summed E-state index contributed by atoms with van der Waals surface area (Å²) in [5.74, 6) is 1.43. The zero-order chi connectivity index (χ0) is 21.2. The molecule has 0 saturated carbocycles. The van der Waals surface area contributed by atoms with E-state index in [1.807, 2.05) is 54.6 Å². The molecule has 0 bridgehead atoms. The maximum atomic E-state index is 13.2. The number of hydrogen-bond acceptors (Lipinski definition) is 4. The van der Waals surface area contributed by atoms with E-state index >= 15 is 0 Å². The molecule has 1 aromatic heterocycles. The van der Waals surface area contributed by atoms with Gasteiger partial charge >= 0.3 is 0 Å². The highest BCUT2D eigenvalue weighted by Gasteiger charge is 2.20. The summed E-state index contributed by atoms with van der Waals surface area (Å²) >= 11 is 0. The van der Waals surface area contributed by atoms with Crippen LogP contribution in [0.25, 0.3) is 10.9 Å². The van der Waals surface area contributed by atoms with E-state index in [9.17, 15) is 4.79 Å². The molecule has 0 aliphatic carbocycles. The molecule has 1 amide bonds. The Kier molecular flexibility index (Phi) is 5.00. The number of para-hydroxylation sites is 1. The van der Waals surface area contributed by atoms with Crippen molar-refractivity contribution in [3.05, 3.63) is 95.6 Å². The molecule has 0 saturated heterocycles. The number of ether oxygens (including phenoxy) is 1. The molecule has 31 heavy (non-hydrogen) atoms. The van der Waals surface area contributed by atoms with E-state index in [0.29, 0.717) is 5.56 Å². The standard InChI is InChI=1S/C26H23N3O2/c1-31-21-12-10-20(11-13-21)27-26(30)23-16-25(28-24-9-5-4-8-22(23)24)29-15-14-18-6-2-3-7-19(18)17-29/h2-13,16H,14-15,17H2,1H3,(H,27,30). The van der Waals surface area contributed by atoms with Crippen molar-refractivity contribution in [2.24, 2.45) is 0 Å². The van der Waals surface area contributed by atoms with Gasteiger partial charge in [-0.25, -0.2) is 4.98 Å². The second-order valence-corrected chi connectivity index (χ2v) is 7.67. The first-order valence-corrected chi connectivity index (χ1v) is 10.4. The van der Waals surface area contributed by atoms with Crippen molar-refractivity contribution >= 4 is 28.3 Å². The number of amides is 1. The van der Waals surface area contributed by atoms with E-state index < -0.39 is 0 Å². The largest absolute Gasteiger partial charge is 0.497 e. The Morgan fingerprint density at radius 2 is 1.71 bits per heavy atom. The Morgan fingerprint density at radius 3 is 2.52 bits per heavy atom. The molecule has 2 heterocycles. The van der Waals surface area contributed by atoms with Gasteiger partial charge in [-0.15, -0.1) is 0 Å². The minimum absolute atomic E-state index is 0.151. The van der Waals surface area contributed by atoms with Crippen LogP contribution in [0, 0.1) is 0 Å². The van der Waals surface area contributed by atoms with E-state index in [2.05, 4.69) is 34.5 Å². The number of anilines is 2. The fraction of sp³-hybridized carbons (Fsp3) is 0.154. The third-order valence-electron chi connectivity index (χ3n) is 5.75. The van der Waals surface area contributed by atoms with Gasteiger partial charge in [0.1, 0.15) is 11.6 Å². The number of fused-ring (bicyclic) bond motifs is 2. The van der Waals surface area contributed by atoms with Crippen molar-refractivity contribution in [2.75, 3.05) is 23.9 Å². The molecule has 4 aromatic rings. The fourth-order valence-corrected chi connectivity index (χ4v) is 4.08. The van der Waals surface area contributed by atoms with Crippen LogP contribution in [0.3, 0.4) is 0 Å². The van der Waals surface area contributed by atoms with E-state index in [0.717, 1.165) is 47.7 Å². The molecule has 0 atom stereocenters. The van der Waals surface area contributed by atoms with Gasteiger partial charge in [-0.2, -0.15) is 0 Å². The van der Waals surface area contributed by atoms with Gasteiger partial charge in [0.2, 0.25) is 0 Å². The van der Waals surface area contributed by atoms with Crippen molar-refractivity contribution in [1.29, 1.82) is 0 Å². The first-order chi connectivity index (χ1) is 15.2. The van der Waals surface area contributed by atoms with Crippen LogP contribution in [0.15, 0.2) is 78.9 Å². The lowest BCUT2D eigenvalue weighted by Crippen LogP contribution is -2.31. The molecule has 0 fully saturated rings. The highest BCUT2D eigenvalue weighted by molar-refractivity contribution is 6.13. The summed E-state index contributed by atoms with van der Waals surface area (Å²) in [7, 11) is 1.62. The fourth-order valence-electron chi connectivity index (χ4n) is 4.08. The Labute approximate surface area is 181 Å². The molecule has 0 spiro atoms. The van der Waals surface area contributed by atoms with Gasteiger partial charge in [0.15, 0.2) is 0 Å². The van der Waals surface area contributed by atoms with Crippen molar-refractivity contribution in [3.8, 4) is 5.75 Å². The lowest BCUT2D eigenvalue weighted by atomic mass is 9.99. The SMILES string of the molecule is COc1ccc(NC(=O)c2cc(N3CCc4ccccc4C3)nc3ccccc23)cc1. The second-order valence-electron chi connectivity index (χ2n) is 7.67. The van der Waals surface area contributed by atoms with Crippen molar-refractivity contribution in [3.63, 3.8) is 0 Å². The van der Waals surface area contributed by atoms with Crippen LogP contribution in [0.5, 0.6) is 5.75 Å². The molecule has 1 aliphatic heterocycles. The predicted octanol–water partition coefficient (Wildman–Crippen LogP) is 5.06. The topological polar surface area (TPSA) is 54.5 Å². The van der Waals surface area contributed by atoms with Crippen LogP contribution in [0.4, 0.5) is 11.5 Å². The first-order valence-electron chi connectivity index (χ1n) is 10.4. The first kappa shape index (κ1) is 19.1. The molecule has 5 nitrogen and oxygen atoms in total. The number of nitrogens with one attached hydrogen (secondary N) is 1. The summed E-state index contributed by atoms with van der Waals surface area (Å²) in [5, 5.41) is 3.85. The molecular weight excluding hydrogens is 386 g/mol. The molecule has 3 aromatic carbocycles. The summed E-state index contributed by atoms with van der Waals surface area (Å²) < 4.78 is 5.20. The Balaban J connectivity index is 1.49. The molecule has 5 heteroatoms. The lowest BCUT2D eigenvalue weighted by Gasteiger charge is -2.30. The maximum absolute atomic E-state index is 13.2. The number of carbonyl (C=O) groups excluding carboxylic acids is 1. The third kappa shape index (κ3) is 3.82. The number of methoxy groups -OCH3 is 1. The van der Waals surface area contributed by atoms with Crippen LogP contribution >= 0.6 is 0 Å². The number of aromatic nitrogens is 1. The van der Waals surface area contributed by atoms with E-state index in [-0.39, 0.29) is 5.91 Å². The summed E-state index contributed by atoms with van der Waals surface area (Å²) in [6.45, 7) is 1.67. The van der Waals surface area contributed by atoms with Crippen LogP contribution < -0.4 is 15.0 Å². The number of nitrogens with zero attached hydrogens (tertiary/aromatic N) is 2. The second kappa shape index (κ2) is 8.11. The van der Waals surface area contributed by atoms with Gasteiger partial charge in [-0.1, -0.05) is 42.5 Å². The quantitative estimate of drug-likeness (QED) is 0.512. The zero-order valence-corrected chi connectivity index (χ0v) is 17.3. The number of carbonyl (C=O) groups is 1. The Bertz CT molecular complexity index is 1250. The average Bonchev–Trinajstić information content (AvgIpc) is 2.83. The van der Waals surface area contributed by atoms with Crippen LogP contribution in [-0.4, -0.2) is 24.5 Å². The number of pyridine rings is 1. The highest BCUT2D eigenvalue weighted by atomic mass is 16.5. The van der Waals surface area contributed by atoms with Crippen LogP contribution in [0.2, 0.25) is 0 Å². The van der Waals surface area contributed by atoms with Crippen molar-refractivity contribution in [1.82, 2.24) is 4.98 Å². The Hall–Kier alpha value is -3.86. The van der Waals surface area contributed by atoms with Gasteiger partial charge in [0.05, 0.1) is 18.2 Å². The summed E-state index contributed by atoms with van der Waals surface area (Å²) in [6.07, 6.45) is 0.970. The summed E-state index contributed by atoms with van der Waals surface area (Å²) in [6, 6.07) is 25.6. The molecule has 154 valence electrons. The van der Waals surface area contributed by atoms with Gasteiger partial charge in [-0.05, 0) is 53.9 Å². The molecule has 0 radical (unpaired) electrons. The lowest BCUT2D eigenvalue weighted by molar-refractivity contribution is 0.102. The van der Waals surface area contributed by atoms with Crippen LogP contribution in [0.1, 0.15) is 21.5 Å². The van der Waals surface area contributed by atoms with E-state index in [1.54, 1.807) is 7.11 Å². The molecule has 5 rings (SSSR count). The van der Waals surface area contributed by atoms with E-state index in [4.69, 9.17) is 9.72 Å². The number of rotatable bonds is 4. The van der Waals surface area contributed by atoms with Crippen LogP contribution in [-0.2, 0) is 13.0 Å². The zero-order valence-electron chi connectivity index (χ0n) is 17.3. The molecule has 0 unspecified atom stereocenters. The third-order valence-corrected chi connectivity index (χ3v) is 5.75. The monoisotopic (exact) mass is 409 g/mol. The minimum atomic E-state index is -0.151. The number of benzene rings is 3. The van der Waals surface area contributed by atoms with Gasteiger partial charge in [-0.3, -0.25) is 4.79 Å². The average molecular weight is 409 g/mol. The van der Waals surface area contributed by atoms with Crippen molar-refractivity contribution < 1.29 is 9.53 Å². The Morgan fingerprint density at radius 1 is 0.968 bits per heavy atom.